The summed E-state index contributed by atoms with van der Waals surface area (Å²) in [5.74, 6) is -0.171. The molecule has 1 aromatic heterocycles. The second-order valence-corrected chi connectivity index (χ2v) is 8.43. The van der Waals surface area contributed by atoms with Crippen LogP contribution in [0.5, 0.6) is 5.75 Å². The molecule has 0 atom stereocenters. The highest BCUT2D eigenvalue weighted by Crippen LogP contribution is 2.40. The number of fused-ring (bicyclic) bond motifs is 1. The molecule has 31 heavy (non-hydrogen) atoms. The highest BCUT2D eigenvalue weighted by Gasteiger charge is 2.21. The summed E-state index contributed by atoms with van der Waals surface area (Å²) < 4.78 is 11.7. The average Bonchev–Trinajstić information content (AvgIpc) is 3.09. The topological polar surface area (TPSA) is 93.7 Å². The van der Waals surface area contributed by atoms with Gasteiger partial charge in [-0.05, 0) is 48.4 Å². The Balaban J connectivity index is 1.87. The minimum absolute atomic E-state index is 0.178. The Morgan fingerprint density at radius 2 is 1.68 bits per heavy atom. The molecule has 0 unspecified atom stereocenters. The maximum absolute atomic E-state index is 12.6. The fraction of sp³-hybridized carbons (Fsp3) is 0.261. The molecular weight excluding hydrogens is 416 g/mol. The average molecular weight is 441 g/mol. The summed E-state index contributed by atoms with van der Waals surface area (Å²) in [7, 11) is 1.34. The molecule has 2 aromatic carbocycles. The van der Waals surface area contributed by atoms with Crippen LogP contribution in [-0.4, -0.2) is 31.5 Å². The van der Waals surface area contributed by atoms with Crippen molar-refractivity contribution in [3.05, 3.63) is 52.9 Å². The standard InChI is InChI=1S/C23H24N2O5S/c1-13(2)12-30-20-18-11-17(9-10-19(18)31-21(20)23(28)29-4)25-22(27)15-5-7-16(8-6-15)24-14(3)26/h5-11,13H,12H2,1-4H3,(H,24,26)(H,25,27). The largest absolute Gasteiger partial charge is 0.491 e. The molecule has 0 spiro atoms. The summed E-state index contributed by atoms with van der Waals surface area (Å²) in [6.07, 6.45) is 0. The number of ether oxygens (including phenoxy) is 2. The number of anilines is 2. The Hall–Kier alpha value is -3.39. The van der Waals surface area contributed by atoms with Gasteiger partial charge in [0.25, 0.3) is 5.91 Å². The Labute approximate surface area is 184 Å². The van der Waals surface area contributed by atoms with Crippen molar-refractivity contribution in [3.63, 3.8) is 0 Å². The third-order valence-corrected chi connectivity index (χ3v) is 5.43. The molecule has 0 bridgehead atoms. The predicted molar refractivity (Wildman–Crippen MR) is 122 cm³/mol. The van der Waals surface area contributed by atoms with E-state index in [4.69, 9.17) is 9.47 Å². The third kappa shape index (κ3) is 5.40. The van der Waals surface area contributed by atoms with Crippen molar-refractivity contribution < 1.29 is 23.9 Å². The predicted octanol–water partition coefficient (Wildman–Crippen LogP) is 4.93. The van der Waals surface area contributed by atoms with E-state index in [0.29, 0.717) is 34.2 Å². The van der Waals surface area contributed by atoms with Crippen LogP contribution < -0.4 is 15.4 Å². The van der Waals surface area contributed by atoms with Gasteiger partial charge in [-0.25, -0.2) is 4.79 Å². The second-order valence-electron chi connectivity index (χ2n) is 7.38. The molecule has 0 aliphatic heterocycles. The lowest BCUT2D eigenvalue weighted by Crippen LogP contribution is -2.12. The van der Waals surface area contributed by atoms with E-state index in [-0.39, 0.29) is 17.7 Å². The number of hydrogen-bond acceptors (Lipinski definition) is 6. The lowest BCUT2D eigenvalue weighted by Gasteiger charge is -2.10. The summed E-state index contributed by atoms with van der Waals surface area (Å²) in [6, 6.07) is 12.0. The maximum Gasteiger partial charge on any atom is 0.351 e. The van der Waals surface area contributed by atoms with E-state index in [1.54, 1.807) is 36.4 Å². The smallest absolute Gasteiger partial charge is 0.351 e. The van der Waals surface area contributed by atoms with Crippen LogP contribution in [0.3, 0.4) is 0 Å². The van der Waals surface area contributed by atoms with E-state index in [2.05, 4.69) is 10.6 Å². The monoisotopic (exact) mass is 440 g/mol. The lowest BCUT2D eigenvalue weighted by molar-refractivity contribution is -0.114. The van der Waals surface area contributed by atoms with E-state index in [9.17, 15) is 14.4 Å². The third-order valence-electron chi connectivity index (χ3n) is 4.30. The van der Waals surface area contributed by atoms with E-state index in [0.717, 1.165) is 10.1 Å². The Bertz CT molecular complexity index is 1120. The minimum Gasteiger partial charge on any atom is -0.491 e. The van der Waals surface area contributed by atoms with Crippen molar-refractivity contribution in [3.8, 4) is 5.75 Å². The molecule has 0 aliphatic carbocycles. The first kappa shape index (κ1) is 22.3. The van der Waals surface area contributed by atoms with Gasteiger partial charge in [-0.3, -0.25) is 9.59 Å². The number of nitrogens with one attached hydrogen (secondary N) is 2. The zero-order chi connectivity index (χ0) is 22.5. The number of hydrogen-bond donors (Lipinski definition) is 2. The molecule has 1 heterocycles. The number of esters is 1. The Morgan fingerprint density at radius 3 is 2.29 bits per heavy atom. The van der Waals surface area contributed by atoms with E-state index >= 15 is 0 Å². The fourth-order valence-corrected chi connectivity index (χ4v) is 3.93. The van der Waals surface area contributed by atoms with Crippen LogP contribution in [0.2, 0.25) is 0 Å². The van der Waals surface area contributed by atoms with Gasteiger partial charge in [0, 0.05) is 33.9 Å². The molecule has 2 amide bonds. The molecule has 3 aromatic rings. The van der Waals surface area contributed by atoms with E-state index < -0.39 is 5.97 Å². The number of methoxy groups -OCH3 is 1. The van der Waals surface area contributed by atoms with Crippen molar-refractivity contribution in [2.75, 3.05) is 24.4 Å². The van der Waals surface area contributed by atoms with E-state index in [1.807, 2.05) is 19.9 Å². The number of carbonyl (C=O) groups excluding carboxylic acids is 3. The molecule has 7 nitrogen and oxygen atoms in total. The van der Waals surface area contributed by atoms with Gasteiger partial charge < -0.3 is 20.1 Å². The van der Waals surface area contributed by atoms with E-state index in [1.165, 1.54) is 25.4 Å². The van der Waals surface area contributed by atoms with Crippen molar-refractivity contribution >= 4 is 50.6 Å². The van der Waals surface area contributed by atoms with Gasteiger partial charge in [0.2, 0.25) is 5.91 Å². The molecule has 0 aliphatic rings. The SMILES string of the molecule is COC(=O)c1sc2ccc(NC(=O)c3ccc(NC(C)=O)cc3)cc2c1OCC(C)C. The van der Waals surface area contributed by atoms with Crippen molar-refractivity contribution in [2.24, 2.45) is 5.92 Å². The molecule has 0 saturated heterocycles. The summed E-state index contributed by atoms with van der Waals surface area (Å²) in [5.41, 5.74) is 1.64. The van der Waals surface area contributed by atoms with Gasteiger partial charge >= 0.3 is 5.97 Å². The maximum atomic E-state index is 12.6. The lowest BCUT2D eigenvalue weighted by atomic mass is 10.1. The number of carbonyl (C=O) groups is 3. The summed E-state index contributed by atoms with van der Waals surface area (Å²) >= 11 is 1.29. The summed E-state index contributed by atoms with van der Waals surface area (Å²) in [6.45, 7) is 5.92. The Morgan fingerprint density at radius 1 is 1.00 bits per heavy atom. The van der Waals surface area contributed by atoms with Crippen LogP contribution in [0.25, 0.3) is 10.1 Å². The molecular formula is C23H24N2O5S. The molecule has 0 fully saturated rings. The normalized spacial score (nSPS) is 10.7. The summed E-state index contributed by atoms with van der Waals surface area (Å²) in [4.78, 5) is 36.4. The van der Waals surface area contributed by atoms with Crippen LogP contribution in [-0.2, 0) is 9.53 Å². The molecule has 0 saturated carbocycles. The second kappa shape index (κ2) is 9.61. The molecule has 162 valence electrons. The van der Waals surface area contributed by atoms with Crippen LogP contribution in [0.4, 0.5) is 11.4 Å². The number of rotatable bonds is 7. The molecule has 8 heteroatoms. The van der Waals surface area contributed by atoms with Crippen LogP contribution in [0, 0.1) is 5.92 Å². The van der Waals surface area contributed by atoms with Gasteiger partial charge in [0.15, 0.2) is 10.6 Å². The number of thiophene rings is 1. The van der Waals surface area contributed by atoms with Crippen molar-refractivity contribution in [1.82, 2.24) is 0 Å². The molecule has 2 N–H and O–H groups in total. The van der Waals surface area contributed by atoms with Crippen LogP contribution >= 0.6 is 11.3 Å². The van der Waals surface area contributed by atoms with Gasteiger partial charge in [-0.2, -0.15) is 0 Å². The van der Waals surface area contributed by atoms with Gasteiger partial charge in [-0.15, -0.1) is 11.3 Å². The Kier molecular flexibility index (Phi) is 6.91. The zero-order valence-corrected chi connectivity index (χ0v) is 18.6. The quantitative estimate of drug-likeness (QED) is 0.508. The first-order chi connectivity index (χ1) is 14.8. The van der Waals surface area contributed by atoms with Crippen LogP contribution in [0.1, 0.15) is 40.8 Å². The van der Waals surface area contributed by atoms with Gasteiger partial charge in [0.1, 0.15) is 0 Å². The number of benzene rings is 2. The van der Waals surface area contributed by atoms with Crippen molar-refractivity contribution in [2.45, 2.75) is 20.8 Å². The fourth-order valence-electron chi connectivity index (χ4n) is 2.88. The van der Waals surface area contributed by atoms with Gasteiger partial charge in [-0.1, -0.05) is 13.8 Å². The first-order valence-electron chi connectivity index (χ1n) is 9.75. The first-order valence-corrected chi connectivity index (χ1v) is 10.6. The minimum atomic E-state index is -0.454. The van der Waals surface area contributed by atoms with Crippen molar-refractivity contribution in [1.29, 1.82) is 0 Å². The molecule has 3 rings (SSSR count). The van der Waals surface area contributed by atoms with Gasteiger partial charge in [0.05, 0.1) is 13.7 Å². The summed E-state index contributed by atoms with van der Waals surface area (Å²) in [5, 5.41) is 6.26. The van der Waals surface area contributed by atoms with Crippen LogP contribution in [0.15, 0.2) is 42.5 Å². The highest BCUT2D eigenvalue weighted by molar-refractivity contribution is 7.21. The zero-order valence-electron chi connectivity index (χ0n) is 17.8. The molecule has 0 radical (unpaired) electrons. The number of amides is 2. The highest BCUT2D eigenvalue weighted by atomic mass is 32.1.